The van der Waals surface area contributed by atoms with Crippen LogP contribution in [0.25, 0.3) is 0 Å². The van der Waals surface area contributed by atoms with Crippen LogP contribution in [0.2, 0.25) is 0 Å². The van der Waals surface area contributed by atoms with Gasteiger partial charge in [0, 0.05) is 13.1 Å². The van der Waals surface area contributed by atoms with Gasteiger partial charge in [-0.2, -0.15) is 0 Å². The number of rotatable bonds is 9. The van der Waals surface area contributed by atoms with E-state index in [0.29, 0.717) is 30.3 Å². The summed E-state index contributed by atoms with van der Waals surface area (Å²) in [6.45, 7) is 4.79. The summed E-state index contributed by atoms with van der Waals surface area (Å²) in [6, 6.07) is 17.0. The highest BCUT2D eigenvalue weighted by Gasteiger charge is 2.23. The van der Waals surface area contributed by atoms with Gasteiger partial charge < -0.3 is 14.2 Å². The van der Waals surface area contributed by atoms with Crippen molar-refractivity contribution >= 4 is 23.2 Å². The van der Waals surface area contributed by atoms with Crippen molar-refractivity contribution in [2.75, 3.05) is 13.1 Å². The highest BCUT2D eigenvalue weighted by Crippen LogP contribution is 2.15. The monoisotopic (exact) mass is 394 g/mol. The lowest BCUT2D eigenvalue weighted by Crippen LogP contribution is -2.42. The fourth-order valence-corrected chi connectivity index (χ4v) is 3.51. The molecule has 1 aromatic carbocycles. The number of carbonyl (C=O) groups is 2. The molecule has 144 valence electrons. The molecular weight excluding hydrogens is 372 g/mol. The van der Waals surface area contributed by atoms with Crippen molar-refractivity contribution < 1.29 is 14.0 Å². The molecule has 0 spiro atoms. The highest BCUT2D eigenvalue weighted by molar-refractivity contribution is 7.12. The fraction of sp³-hybridized carbons (Fsp3) is 0.182. The van der Waals surface area contributed by atoms with E-state index in [0.717, 1.165) is 5.56 Å². The van der Waals surface area contributed by atoms with Crippen LogP contribution >= 0.6 is 11.3 Å². The molecule has 0 saturated carbocycles. The Morgan fingerprint density at radius 2 is 1.82 bits per heavy atom. The lowest BCUT2D eigenvalue weighted by Gasteiger charge is -2.26. The molecule has 5 nitrogen and oxygen atoms in total. The molecule has 0 bridgehead atoms. The molecule has 0 atom stereocenters. The number of carbonyl (C=O) groups excluding carboxylic acids is 2. The SMILES string of the molecule is C=CCN(CC(=O)N(Cc1ccccc1)Cc1ccco1)C(=O)c1cccs1. The Morgan fingerprint density at radius 1 is 1.00 bits per heavy atom. The second kappa shape index (κ2) is 9.71. The van der Waals surface area contributed by atoms with Gasteiger partial charge in [0.1, 0.15) is 12.3 Å². The van der Waals surface area contributed by atoms with Gasteiger partial charge in [0.15, 0.2) is 0 Å². The van der Waals surface area contributed by atoms with Gasteiger partial charge in [0.25, 0.3) is 5.91 Å². The van der Waals surface area contributed by atoms with Crippen LogP contribution in [0.1, 0.15) is 21.0 Å². The van der Waals surface area contributed by atoms with Crippen molar-refractivity contribution in [3.63, 3.8) is 0 Å². The highest BCUT2D eigenvalue weighted by atomic mass is 32.1. The van der Waals surface area contributed by atoms with E-state index in [1.165, 1.54) is 16.2 Å². The minimum absolute atomic E-state index is 0.0176. The van der Waals surface area contributed by atoms with E-state index < -0.39 is 0 Å². The van der Waals surface area contributed by atoms with E-state index in [2.05, 4.69) is 6.58 Å². The molecule has 0 unspecified atom stereocenters. The molecule has 0 aliphatic rings. The Bertz CT molecular complexity index is 889. The van der Waals surface area contributed by atoms with E-state index in [1.807, 2.05) is 47.8 Å². The topological polar surface area (TPSA) is 53.8 Å². The van der Waals surface area contributed by atoms with Crippen molar-refractivity contribution in [1.29, 1.82) is 0 Å². The molecule has 0 aliphatic carbocycles. The van der Waals surface area contributed by atoms with Crippen LogP contribution < -0.4 is 0 Å². The minimum Gasteiger partial charge on any atom is -0.467 e. The smallest absolute Gasteiger partial charge is 0.264 e. The molecule has 2 heterocycles. The van der Waals surface area contributed by atoms with Crippen molar-refractivity contribution in [2.24, 2.45) is 0 Å². The summed E-state index contributed by atoms with van der Waals surface area (Å²) in [5, 5.41) is 1.85. The van der Waals surface area contributed by atoms with Crippen LogP contribution in [0.3, 0.4) is 0 Å². The van der Waals surface area contributed by atoms with E-state index in [9.17, 15) is 9.59 Å². The third-order valence-corrected chi connectivity index (χ3v) is 5.05. The largest absolute Gasteiger partial charge is 0.467 e. The summed E-state index contributed by atoms with van der Waals surface area (Å²) >= 11 is 1.36. The number of nitrogens with zero attached hydrogens (tertiary/aromatic N) is 2. The van der Waals surface area contributed by atoms with Crippen molar-refractivity contribution in [3.05, 3.63) is 95.1 Å². The molecule has 0 saturated heterocycles. The van der Waals surface area contributed by atoms with Crippen LogP contribution in [0.4, 0.5) is 0 Å². The zero-order chi connectivity index (χ0) is 19.8. The molecule has 0 N–H and O–H groups in total. The maximum Gasteiger partial charge on any atom is 0.264 e. The maximum absolute atomic E-state index is 13.1. The van der Waals surface area contributed by atoms with E-state index >= 15 is 0 Å². The summed E-state index contributed by atoms with van der Waals surface area (Å²) < 4.78 is 5.42. The molecule has 6 heteroatoms. The van der Waals surface area contributed by atoms with Gasteiger partial charge in [-0.1, -0.05) is 42.5 Å². The first kappa shape index (κ1) is 19.6. The molecule has 28 heavy (non-hydrogen) atoms. The van der Waals surface area contributed by atoms with Crippen LogP contribution in [0, 0.1) is 0 Å². The predicted molar refractivity (Wildman–Crippen MR) is 110 cm³/mol. The summed E-state index contributed by atoms with van der Waals surface area (Å²) in [5.41, 5.74) is 1.02. The first-order chi connectivity index (χ1) is 13.7. The van der Waals surface area contributed by atoms with Gasteiger partial charge in [0.2, 0.25) is 5.91 Å². The maximum atomic E-state index is 13.1. The normalized spacial score (nSPS) is 10.4. The summed E-state index contributed by atoms with van der Waals surface area (Å²) in [6.07, 6.45) is 3.22. The van der Waals surface area contributed by atoms with Crippen molar-refractivity contribution in [2.45, 2.75) is 13.1 Å². The third-order valence-electron chi connectivity index (χ3n) is 4.19. The molecule has 2 aromatic heterocycles. The molecule has 3 rings (SSSR count). The van der Waals surface area contributed by atoms with E-state index in [-0.39, 0.29) is 18.4 Å². The molecular formula is C22H22N2O3S. The van der Waals surface area contributed by atoms with Crippen LogP contribution in [-0.4, -0.2) is 34.7 Å². The Kier molecular flexibility index (Phi) is 6.81. The molecule has 0 fully saturated rings. The Morgan fingerprint density at radius 3 is 2.46 bits per heavy atom. The number of benzene rings is 1. The molecule has 2 amide bonds. The third kappa shape index (κ3) is 5.20. The van der Waals surface area contributed by atoms with Gasteiger partial charge in [-0.05, 0) is 29.1 Å². The minimum atomic E-state index is -0.166. The second-order valence-electron chi connectivity index (χ2n) is 6.27. The lowest BCUT2D eigenvalue weighted by molar-refractivity contribution is -0.133. The van der Waals surface area contributed by atoms with E-state index in [1.54, 1.807) is 29.4 Å². The summed E-state index contributed by atoms with van der Waals surface area (Å²) in [4.78, 5) is 29.6. The first-order valence-electron chi connectivity index (χ1n) is 8.95. The van der Waals surface area contributed by atoms with Crippen LogP contribution in [0.5, 0.6) is 0 Å². The average molecular weight is 394 g/mol. The number of amides is 2. The van der Waals surface area contributed by atoms with Crippen LogP contribution in [0.15, 0.2) is 83.3 Å². The molecule has 0 aliphatic heterocycles. The first-order valence-corrected chi connectivity index (χ1v) is 9.83. The number of hydrogen-bond donors (Lipinski definition) is 0. The van der Waals surface area contributed by atoms with Crippen molar-refractivity contribution in [1.82, 2.24) is 9.80 Å². The Balaban J connectivity index is 1.76. The molecule has 3 aromatic rings. The van der Waals surface area contributed by atoms with Gasteiger partial charge in [-0.3, -0.25) is 9.59 Å². The zero-order valence-corrected chi connectivity index (χ0v) is 16.3. The van der Waals surface area contributed by atoms with Gasteiger partial charge in [-0.25, -0.2) is 0 Å². The van der Waals surface area contributed by atoms with Crippen molar-refractivity contribution in [3.8, 4) is 0 Å². The molecule has 0 radical (unpaired) electrons. The summed E-state index contributed by atoms with van der Waals surface area (Å²) in [7, 11) is 0. The van der Waals surface area contributed by atoms with Crippen LogP contribution in [-0.2, 0) is 17.9 Å². The number of furan rings is 1. The van der Waals surface area contributed by atoms with E-state index in [4.69, 9.17) is 4.42 Å². The van der Waals surface area contributed by atoms with Gasteiger partial charge in [0.05, 0.1) is 17.7 Å². The number of hydrogen-bond acceptors (Lipinski definition) is 4. The fourth-order valence-electron chi connectivity index (χ4n) is 2.82. The second-order valence-corrected chi connectivity index (χ2v) is 7.21. The Hall–Kier alpha value is -3.12. The predicted octanol–water partition coefficient (Wildman–Crippen LogP) is 4.20. The lowest BCUT2D eigenvalue weighted by atomic mass is 10.2. The summed E-state index contributed by atoms with van der Waals surface area (Å²) in [5.74, 6) is 0.386. The zero-order valence-electron chi connectivity index (χ0n) is 15.5. The van der Waals surface area contributed by atoms with Gasteiger partial charge >= 0.3 is 0 Å². The number of thiophene rings is 1. The standard InChI is InChI=1S/C22H22N2O3S/c1-2-12-23(22(26)20-11-7-14-28-20)17-21(25)24(16-19-10-6-13-27-19)15-18-8-4-3-5-9-18/h2-11,13-14H,1,12,15-17H2. The quantitative estimate of drug-likeness (QED) is 0.511. The Labute approximate surface area is 168 Å². The average Bonchev–Trinajstić information content (AvgIpc) is 3.41. The van der Waals surface area contributed by atoms with Gasteiger partial charge in [-0.15, -0.1) is 17.9 Å².